The number of amides is 2. The summed E-state index contributed by atoms with van der Waals surface area (Å²) in [4.78, 5) is 27.5. The molecule has 1 aliphatic heterocycles. The Kier molecular flexibility index (Phi) is 5.90. The zero-order chi connectivity index (χ0) is 21.1. The van der Waals surface area contributed by atoms with Gasteiger partial charge in [0.1, 0.15) is 11.0 Å². The molecule has 30 heavy (non-hydrogen) atoms. The Hall–Kier alpha value is -3.06. The topological polar surface area (TPSA) is 75.2 Å². The zero-order valence-electron chi connectivity index (χ0n) is 17.1. The number of likely N-dealkylation sites (tertiary alicyclic amines) is 1. The first kappa shape index (κ1) is 20.2. The molecule has 1 N–H and O–H groups in total. The first-order chi connectivity index (χ1) is 14.5. The van der Waals surface area contributed by atoms with Crippen LogP contribution in [0, 0.1) is 6.92 Å². The lowest BCUT2D eigenvalue weighted by Gasteiger charge is -2.23. The smallest absolute Gasteiger partial charge is 0.254 e. The van der Waals surface area contributed by atoms with Gasteiger partial charge in [0.15, 0.2) is 0 Å². The number of anilines is 1. The number of hydrogen-bond acceptors (Lipinski definition) is 5. The van der Waals surface area contributed by atoms with Gasteiger partial charge in [0.05, 0.1) is 0 Å². The van der Waals surface area contributed by atoms with Gasteiger partial charge >= 0.3 is 0 Å². The summed E-state index contributed by atoms with van der Waals surface area (Å²) >= 11 is 1.33. The largest absolute Gasteiger partial charge is 0.327 e. The van der Waals surface area contributed by atoms with Crippen LogP contribution in [0.3, 0.4) is 0 Å². The number of carbonyl (C=O) groups excluding carboxylic acids is 2. The second-order valence-corrected chi connectivity index (χ2v) is 8.45. The van der Waals surface area contributed by atoms with Crippen LogP contribution in [0.5, 0.6) is 0 Å². The molecule has 0 spiro atoms. The molecule has 3 aromatic rings. The van der Waals surface area contributed by atoms with E-state index in [4.69, 9.17) is 0 Å². The van der Waals surface area contributed by atoms with E-state index in [9.17, 15) is 9.59 Å². The van der Waals surface area contributed by atoms with Gasteiger partial charge in [0, 0.05) is 17.7 Å². The average Bonchev–Trinajstić information content (AvgIpc) is 3.44. The van der Waals surface area contributed by atoms with E-state index in [1.807, 2.05) is 55.5 Å². The van der Waals surface area contributed by atoms with Crippen LogP contribution in [-0.2, 0) is 11.2 Å². The van der Waals surface area contributed by atoms with Gasteiger partial charge in [0.25, 0.3) is 5.91 Å². The standard InChI is InChI=1S/C23H24N4O2S/c1-3-16-8-12-18(13-9-16)22(29)27-14-4-5-19(27)20(28)24-23-26-25-21(30-23)17-10-6-15(2)7-11-17/h6-13,19H,3-5,14H2,1-2H3,(H,24,26,28)/t19-/m0/s1. The highest BCUT2D eigenvalue weighted by molar-refractivity contribution is 7.18. The van der Waals surface area contributed by atoms with Crippen LogP contribution in [0.4, 0.5) is 5.13 Å². The summed E-state index contributed by atoms with van der Waals surface area (Å²) in [5, 5.41) is 12.3. The van der Waals surface area contributed by atoms with Crippen molar-refractivity contribution in [3.63, 3.8) is 0 Å². The molecule has 0 aliphatic carbocycles. The van der Waals surface area contributed by atoms with Gasteiger partial charge in [-0.25, -0.2) is 0 Å². The minimum atomic E-state index is -0.491. The van der Waals surface area contributed by atoms with E-state index in [0.717, 1.165) is 23.4 Å². The quantitative estimate of drug-likeness (QED) is 0.667. The minimum Gasteiger partial charge on any atom is -0.327 e. The minimum absolute atomic E-state index is 0.104. The van der Waals surface area contributed by atoms with Crippen molar-refractivity contribution < 1.29 is 9.59 Å². The number of hydrogen-bond donors (Lipinski definition) is 1. The lowest BCUT2D eigenvalue weighted by molar-refractivity contribution is -0.119. The van der Waals surface area contributed by atoms with E-state index in [1.54, 1.807) is 4.90 Å². The lowest BCUT2D eigenvalue weighted by Crippen LogP contribution is -2.43. The Bertz CT molecular complexity index is 1040. The molecular weight excluding hydrogens is 396 g/mol. The van der Waals surface area contributed by atoms with Crippen molar-refractivity contribution in [2.75, 3.05) is 11.9 Å². The van der Waals surface area contributed by atoms with E-state index in [0.29, 0.717) is 23.7 Å². The molecule has 2 amide bonds. The summed E-state index contributed by atoms with van der Waals surface area (Å²) in [5.41, 5.74) is 3.94. The highest BCUT2D eigenvalue weighted by atomic mass is 32.1. The average molecular weight is 421 g/mol. The maximum absolute atomic E-state index is 13.0. The fourth-order valence-corrected chi connectivity index (χ4v) is 4.36. The summed E-state index contributed by atoms with van der Waals surface area (Å²) in [5.74, 6) is -0.314. The number of benzene rings is 2. The highest BCUT2D eigenvalue weighted by Gasteiger charge is 2.35. The normalized spacial score (nSPS) is 15.9. The maximum Gasteiger partial charge on any atom is 0.254 e. The number of nitrogens with one attached hydrogen (secondary N) is 1. The summed E-state index contributed by atoms with van der Waals surface area (Å²) in [6, 6.07) is 15.1. The van der Waals surface area contributed by atoms with Crippen LogP contribution in [0.25, 0.3) is 10.6 Å². The van der Waals surface area contributed by atoms with Crippen LogP contribution in [0.15, 0.2) is 48.5 Å². The summed E-state index contributed by atoms with van der Waals surface area (Å²) in [6.45, 7) is 4.69. The van der Waals surface area contributed by atoms with Gasteiger partial charge in [-0.2, -0.15) is 0 Å². The monoisotopic (exact) mass is 420 g/mol. The Morgan fingerprint density at radius 3 is 2.53 bits per heavy atom. The molecular formula is C23H24N4O2S. The van der Waals surface area contributed by atoms with Crippen LogP contribution >= 0.6 is 11.3 Å². The number of rotatable bonds is 5. The third-order valence-corrected chi connectivity index (χ3v) is 6.27. The number of nitrogens with zero attached hydrogens (tertiary/aromatic N) is 3. The van der Waals surface area contributed by atoms with E-state index in [2.05, 4.69) is 22.4 Å². The van der Waals surface area contributed by atoms with E-state index in [-0.39, 0.29) is 11.8 Å². The van der Waals surface area contributed by atoms with Gasteiger partial charge in [-0.3, -0.25) is 14.9 Å². The Balaban J connectivity index is 1.44. The summed E-state index contributed by atoms with van der Waals surface area (Å²) < 4.78 is 0. The molecule has 4 rings (SSSR count). The highest BCUT2D eigenvalue weighted by Crippen LogP contribution is 2.28. The van der Waals surface area contributed by atoms with Crippen LogP contribution in [0.2, 0.25) is 0 Å². The van der Waals surface area contributed by atoms with Crippen molar-refractivity contribution in [1.29, 1.82) is 0 Å². The second-order valence-electron chi connectivity index (χ2n) is 7.47. The maximum atomic E-state index is 13.0. The van der Waals surface area contributed by atoms with Gasteiger partial charge in [-0.1, -0.05) is 60.2 Å². The molecule has 1 fully saturated rings. The van der Waals surface area contributed by atoms with Crippen molar-refractivity contribution in [3.05, 3.63) is 65.2 Å². The molecule has 0 saturated carbocycles. The molecule has 2 heterocycles. The second kappa shape index (κ2) is 8.75. The summed E-state index contributed by atoms with van der Waals surface area (Å²) in [7, 11) is 0. The van der Waals surface area contributed by atoms with Crippen molar-refractivity contribution >= 4 is 28.3 Å². The van der Waals surface area contributed by atoms with E-state index < -0.39 is 6.04 Å². The molecule has 1 aromatic heterocycles. The van der Waals surface area contributed by atoms with Gasteiger partial charge in [-0.15, -0.1) is 10.2 Å². The fraction of sp³-hybridized carbons (Fsp3) is 0.304. The molecule has 0 radical (unpaired) electrons. The number of carbonyl (C=O) groups is 2. The third kappa shape index (κ3) is 4.26. The lowest BCUT2D eigenvalue weighted by atomic mass is 10.1. The molecule has 1 aliphatic rings. The first-order valence-corrected chi connectivity index (χ1v) is 11.0. The van der Waals surface area contributed by atoms with Crippen molar-refractivity contribution in [2.45, 2.75) is 39.2 Å². The zero-order valence-corrected chi connectivity index (χ0v) is 17.9. The van der Waals surface area contributed by atoms with Crippen LogP contribution in [0.1, 0.15) is 41.3 Å². The Labute approximate surface area is 180 Å². The fourth-order valence-electron chi connectivity index (χ4n) is 3.61. The van der Waals surface area contributed by atoms with Crippen molar-refractivity contribution in [2.24, 2.45) is 0 Å². The van der Waals surface area contributed by atoms with Crippen LogP contribution in [-0.4, -0.2) is 39.5 Å². The first-order valence-electron chi connectivity index (χ1n) is 10.2. The van der Waals surface area contributed by atoms with Crippen molar-refractivity contribution in [1.82, 2.24) is 15.1 Å². The molecule has 7 heteroatoms. The molecule has 1 atom stereocenters. The SMILES string of the molecule is CCc1ccc(C(=O)N2CCC[C@H]2C(=O)Nc2nnc(-c3ccc(C)cc3)s2)cc1. The predicted molar refractivity (Wildman–Crippen MR) is 119 cm³/mol. The van der Waals surface area contributed by atoms with Gasteiger partial charge in [0.2, 0.25) is 11.0 Å². The summed E-state index contributed by atoms with van der Waals surface area (Å²) in [6.07, 6.45) is 2.38. The van der Waals surface area contributed by atoms with Gasteiger partial charge < -0.3 is 4.90 Å². The van der Waals surface area contributed by atoms with Crippen molar-refractivity contribution in [3.8, 4) is 10.6 Å². The number of aryl methyl sites for hydroxylation is 2. The molecule has 0 bridgehead atoms. The Morgan fingerprint density at radius 1 is 1.10 bits per heavy atom. The van der Waals surface area contributed by atoms with Crippen LogP contribution < -0.4 is 5.32 Å². The molecule has 154 valence electrons. The molecule has 0 unspecified atom stereocenters. The van der Waals surface area contributed by atoms with E-state index >= 15 is 0 Å². The number of aromatic nitrogens is 2. The van der Waals surface area contributed by atoms with Gasteiger partial charge in [-0.05, 0) is 43.9 Å². The molecule has 1 saturated heterocycles. The molecule has 6 nitrogen and oxygen atoms in total. The molecule has 2 aromatic carbocycles. The predicted octanol–water partition coefficient (Wildman–Crippen LogP) is 4.32. The van der Waals surface area contributed by atoms with E-state index in [1.165, 1.54) is 22.5 Å². The third-order valence-electron chi connectivity index (χ3n) is 5.38. The Morgan fingerprint density at radius 2 is 1.83 bits per heavy atom.